The lowest BCUT2D eigenvalue weighted by molar-refractivity contribution is 0.0946. The molecule has 0 aromatic carbocycles. The zero-order valence-electron chi connectivity index (χ0n) is 15.1. The van der Waals surface area contributed by atoms with Crippen molar-refractivity contribution in [1.82, 2.24) is 29.8 Å². The lowest BCUT2D eigenvalue weighted by Crippen LogP contribution is -2.30. The summed E-state index contributed by atoms with van der Waals surface area (Å²) < 4.78 is 3.60. The quantitative estimate of drug-likeness (QED) is 0.709. The van der Waals surface area contributed by atoms with Crippen molar-refractivity contribution in [3.8, 4) is 0 Å². The molecule has 1 amide bonds. The first-order chi connectivity index (χ1) is 11.5. The van der Waals surface area contributed by atoms with E-state index in [-0.39, 0.29) is 5.91 Å². The first-order valence-corrected chi connectivity index (χ1v) is 8.58. The molecule has 132 valence electrons. The van der Waals surface area contributed by atoms with Crippen LogP contribution in [0, 0.1) is 13.8 Å². The third-order valence-corrected chi connectivity index (χ3v) is 4.09. The Labute approximate surface area is 143 Å². The SMILES string of the molecule is CCN(CC)CCCNC(=O)c1ccn(Cn2nc(C)cc2C)n1. The second kappa shape index (κ2) is 8.63. The van der Waals surface area contributed by atoms with Gasteiger partial charge in [0.2, 0.25) is 0 Å². The van der Waals surface area contributed by atoms with E-state index in [0.29, 0.717) is 18.9 Å². The average molecular weight is 332 g/mol. The van der Waals surface area contributed by atoms with Crippen molar-refractivity contribution >= 4 is 5.91 Å². The number of carbonyl (C=O) groups excluding carboxylic acids is 1. The van der Waals surface area contributed by atoms with Crippen molar-refractivity contribution in [2.75, 3.05) is 26.2 Å². The molecule has 1 N–H and O–H groups in total. The highest BCUT2D eigenvalue weighted by Crippen LogP contribution is 2.03. The van der Waals surface area contributed by atoms with Gasteiger partial charge >= 0.3 is 0 Å². The van der Waals surface area contributed by atoms with E-state index in [1.165, 1.54) is 0 Å². The fourth-order valence-electron chi connectivity index (χ4n) is 2.65. The maximum absolute atomic E-state index is 12.1. The standard InChI is InChI=1S/C17H28N6O/c1-5-21(6-2)10-7-9-18-17(24)16-8-11-22(20-16)13-23-15(4)12-14(3)19-23/h8,11-12H,5-7,9-10,13H2,1-4H3,(H,18,24). The molecule has 2 aromatic rings. The van der Waals surface area contributed by atoms with Crippen molar-refractivity contribution < 1.29 is 4.79 Å². The summed E-state index contributed by atoms with van der Waals surface area (Å²) in [5.74, 6) is -0.123. The molecule has 2 aromatic heterocycles. The normalized spacial score (nSPS) is 11.2. The highest BCUT2D eigenvalue weighted by atomic mass is 16.1. The van der Waals surface area contributed by atoms with Crippen LogP contribution in [0.15, 0.2) is 18.3 Å². The number of rotatable bonds is 9. The molecule has 2 rings (SSSR count). The Morgan fingerprint density at radius 2 is 2.00 bits per heavy atom. The van der Waals surface area contributed by atoms with E-state index in [0.717, 1.165) is 37.4 Å². The Bertz CT molecular complexity index is 656. The summed E-state index contributed by atoms with van der Waals surface area (Å²) in [5, 5.41) is 11.7. The van der Waals surface area contributed by atoms with Gasteiger partial charge in [-0.2, -0.15) is 10.2 Å². The Kier molecular flexibility index (Phi) is 6.54. The number of nitrogens with one attached hydrogen (secondary N) is 1. The molecular weight excluding hydrogens is 304 g/mol. The molecule has 0 aliphatic carbocycles. The van der Waals surface area contributed by atoms with Gasteiger partial charge in [-0.05, 0) is 52.0 Å². The van der Waals surface area contributed by atoms with Gasteiger partial charge in [0.15, 0.2) is 0 Å². The van der Waals surface area contributed by atoms with Gasteiger partial charge in [0.05, 0.1) is 5.69 Å². The van der Waals surface area contributed by atoms with Gasteiger partial charge in [-0.25, -0.2) is 4.68 Å². The van der Waals surface area contributed by atoms with Gasteiger partial charge < -0.3 is 10.2 Å². The summed E-state index contributed by atoms with van der Waals surface area (Å²) in [6.07, 6.45) is 2.75. The molecule has 24 heavy (non-hydrogen) atoms. The van der Waals surface area contributed by atoms with Crippen LogP contribution in [0.25, 0.3) is 0 Å². The van der Waals surface area contributed by atoms with E-state index in [2.05, 4.69) is 34.3 Å². The Balaban J connectivity index is 1.81. The van der Waals surface area contributed by atoms with E-state index < -0.39 is 0 Å². The molecule has 0 fully saturated rings. The number of carbonyl (C=O) groups is 1. The molecule has 0 aliphatic heterocycles. The van der Waals surface area contributed by atoms with Crippen molar-refractivity contribution in [2.45, 2.75) is 40.8 Å². The predicted octanol–water partition coefficient (Wildman–Crippen LogP) is 1.66. The maximum Gasteiger partial charge on any atom is 0.271 e. The molecule has 0 bridgehead atoms. The van der Waals surface area contributed by atoms with E-state index >= 15 is 0 Å². The molecular formula is C17H28N6O. The van der Waals surface area contributed by atoms with Crippen LogP contribution in [0.1, 0.15) is 42.1 Å². The van der Waals surface area contributed by atoms with Crippen molar-refractivity contribution in [3.63, 3.8) is 0 Å². The van der Waals surface area contributed by atoms with Crippen LogP contribution < -0.4 is 5.32 Å². The van der Waals surface area contributed by atoms with Crippen LogP contribution in [-0.2, 0) is 6.67 Å². The van der Waals surface area contributed by atoms with Gasteiger partial charge in [-0.15, -0.1) is 0 Å². The monoisotopic (exact) mass is 332 g/mol. The van der Waals surface area contributed by atoms with Crippen molar-refractivity contribution in [1.29, 1.82) is 0 Å². The van der Waals surface area contributed by atoms with Gasteiger partial charge in [0.1, 0.15) is 12.4 Å². The first-order valence-electron chi connectivity index (χ1n) is 8.58. The molecule has 0 aliphatic rings. The van der Waals surface area contributed by atoms with Crippen molar-refractivity contribution in [2.24, 2.45) is 0 Å². The van der Waals surface area contributed by atoms with Crippen LogP contribution in [0.5, 0.6) is 0 Å². The molecule has 0 spiro atoms. The zero-order valence-corrected chi connectivity index (χ0v) is 15.1. The second-order valence-corrected chi connectivity index (χ2v) is 5.94. The minimum absolute atomic E-state index is 0.123. The zero-order chi connectivity index (χ0) is 17.5. The van der Waals surface area contributed by atoms with Gasteiger partial charge in [-0.3, -0.25) is 9.48 Å². The second-order valence-electron chi connectivity index (χ2n) is 5.94. The minimum Gasteiger partial charge on any atom is -0.351 e. The molecule has 0 unspecified atom stereocenters. The maximum atomic E-state index is 12.1. The molecule has 0 radical (unpaired) electrons. The highest BCUT2D eigenvalue weighted by molar-refractivity contribution is 5.92. The lowest BCUT2D eigenvalue weighted by Gasteiger charge is -2.17. The molecule has 7 nitrogen and oxygen atoms in total. The van der Waals surface area contributed by atoms with E-state index in [1.807, 2.05) is 24.6 Å². The Morgan fingerprint density at radius 3 is 2.62 bits per heavy atom. The number of aryl methyl sites for hydroxylation is 2. The number of aromatic nitrogens is 4. The summed E-state index contributed by atoms with van der Waals surface area (Å²) >= 11 is 0. The molecule has 2 heterocycles. The van der Waals surface area contributed by atoms with Crippen LogP contribution in [-0.4, -0.2) is 56.5 Å². The third-order valence-electron chi connectivity index (χ3n) is 4.09. The summed E-state index contributed by atoms with van der Waals surface area (Å²) in [7, 11) is 0. The van der Waals surface area contributed by atoms with Gasteiger partial charge in [-0.1, -0.05) is 13.8 Å². The molecule has 7 heteroatoms. The highest BCUT2D eigenvalue weighted by Gasteiger charge is 2.10. The molecule has 0 saturated heterocycles. The first kappa shape index (κ1) is 18.2. The summed E-state index contributed by atoms with van der Waals surface area (Å²) in [6.45, 7) is 12.5. The average Bonchev–Trinajstić information content (AvgIpc) is 3.14. The number of nitrogens with zero attached hydrogens (tertiary/aromatic N) is 5. The fourth-order valence-corrected chi connectivity index (χ4v) is 2.65. The Hall–Kier alpha value is -2.15. The van der Waals surface area contributed by atoms with Crippen LogP contribution in [0.4, 0.5) is 0 Å². The third kappa shape index (κ3) is 4.92. The van der Waals surface area contributed by atoms with Crippen LogP contribution >= 0.6 is 0 Å². The van der Waals surface area contributed by atoms with Crippen LogP contribution in [0.3, 0.4) is 0 Å². The molecule has 0 saturated carbocycles. The van der Waals surface area contributed by atoms with Crippen molar-refractivity contribution in [3.05, 3.63) is 35.4 Å². The van der Waals surface area contributed by atoms with E-state index in [9.17, 15) is 4.79 Å². The largest absolute Gasteiger partial charge is 0.351 e. The Morgan fingerprint density at radius 1 is 1.25 bits per heavy atom. The van der Waals surface area contributed by atoms with Gasteiger partial charge in [0, 0.05) is 18.4 Å². The number of hydrogen-bond acceptors (Lipinski definition) is 4. The smallest absolute Gasteiger partial charge is 0.271 e. The van der Waals surface area contributed by atoms with E-state index in [4.69, 9.17) is 0 Å². The summed E-state index contributed by atoms with van der Waals surface area (Å²) in [5.41, 5.74) is 2.50. The topological polar surface area (TPSA) is 68.0 Å². The fraction of sp³-hybridized carbons (Fsp3) is 0.588. The molecule has 0 atom stereocenters. The minimum atomic E-state index is -0.123. The van der Waals surface area contributed by atoms with Crippen LogP contribution in [0.2, 0.25) is 0 Å². The van der Waals surface area contributed by atoms with Gasteiger partial charge in [0.25, 0.3) is 5.91 Å². The predicted molar refractivity (Wildman–Crippen MR) is 94.1 cm³/mol. The summed E-state index contributed by atoms with van der Waals surface area (Å²) in [4.78, 5) is 14.5. The summed E-state index contributed by atoms with van der Waals surface area (Å²) in [6, 6.07) is 3.76. The number of amides is 1. The lowest BCUT2D eigenvalue weighted by atomic mass is 10.3. The number of hydrogen-bond donors (Lipinski definition) is 1. The van der Waals surface area contributed by atoms with E-state index in [1.54, 1.807) is 16.9 Å².